The molecule has 0 saturated carbocycles. The van der Waals surface area contributed by atoms with E-state index in [1.165, 1.54) is 25.3 Å². The number of sulfonamides is 1. The topological polar surface area (TPSA) is 92.7 Å². The molecule has 0 radical (unpaired) electrons. The predicted octanol–water partition coefficient (Wildman–Crippen LogP) is 1.42. The van der Waals surface area contributed by atoms with Crippen molar-refractivity contribution in [1.29, 1.82) is 0 Å². The fraction of sp³-hybridized carbons (Fsp3) is 0.417. The number of hydrogen-bond donors (Lipinski definition) is 2. The first kappa shape index (κ1) is 16.8. The minimum atomic E-state index is -3.70. The Morgan fingerprint density at radius 1 is 1.45 bits per heavy atom. The molecule has 0 spiro atoms. The van der Waals surface area contributed by atoms with Gasteiger partial charge in [-0.1, -0.05) is 0 Å². The number of thioether (sulfide) groups is 1. The number of aromatic carboxylic acids is 1. The van der Waals surface area contributed by atoms with Gasteiger partial charge in [0.15, 0.2) is 0 Å². The van der Waals surface area contributed by atoms with Crippen LogP contribution in [0.15, 0.2) is 23.1 Å². The van der Waals surface area contributed by atoms with Crippen LogP contribution in [0.3, 0.4) is 0 Å². The normalized spacial score (nSPS) is 11.3. The quantitative estimate of drug-likeness (QED) is 0.704. The lowest BCUT2D eigenvalue weighted by atomic mass is 10.2. The van der Waals surface area contributed by atoms with Crippen molar-refractivity contribution in [2.24, 2.45) is 0 Å². The lowest BCUT2D eigenvalue weighted by molar-refractivity contribution is 0.0696. The van der Waals surface area contributed by atoms with E-state index >= 15 is 0 Å². The maximum atomic E-state index is 12.1. The molecule has 8 heteroatoms. The molecule has 6 nitrogen and oxygen atoms in total. The molecule has 0 aromatic heterocycles. The SMILES string of the molecule is COc1cc(C(=O)O)ccc1S(=O)(=O)NCCCSC. The number of carboxylic acid groups (broad SMARTS) is 1. The van der Waals surface area contributed by atoms with Crippen LogP contribution in [0.25, 0.3) is 0 Å². The highest BCUT2D eigenvalue weighted by Crippen LogP contribution is 2.24. The highest BCUT2D eigenvalue weighted by Gasteiger charge is 2.20. The van der Waals surface area contributed by atoms with Crippen LogP contribution < -0.4 is 9.46 Å². The summed E-state index contributed by atoms with van der Waals surface area (Å²) in [6, 6.07) is 3.67. The number of ether oxygens (including phenoxy) is 1. The van der Waals surface area contributed by atoms with Gasteiger partial charge in [0.1, 0.15) is 10.6 Å². The van der Waals surface area contributed by atoms with E-state index in [0.717, 1.165) is 12.2 Å². The smallest absolute Gasteiger partial charge is 0.335 e. The zero-order valence-corrected chi connectivity index (χ0v) is 12.9. The van der Waals surface area contributed by atoms with Gasteiger partial charge in [-0.2, -0.15) is 11.8 Å². The molecule has 20 heavy (non-hydrogen) atoms. The lowest BCUT2D eigenvalue weighted by Crippen LogP contribution is -2.25. The number of rotatable bonds is 8. The Hall–Kier alpha value is -1.25. The summed E-state index contributed by atoms with van der Waals surface area (Å²) in [5.74, 6) is -0.264. The summed E-state index contributed by atoms with van der Waals surface area (Å²) in [5.41, 5.74) is -0.0248. The fourth-order valence-corrected chi connectivity index (χ4v) is 3.18. The average Bonchev–Trinajstić information content (AvgIpc) is 2.42. The van der Waals surface area contributed by atoms with Crippen molar-refractivity contribution in [2.45, 2.75) is 11.3 Å². The molecule has 1 aromatic rings. The van der Waals surface area contributed by atoms with E-state index in [9.17, 15) is 13.2 Å². The molecule has 0 unspecified atom stereocenters. The molecule has 0 aliphatic carbocycles. The van der Waals surface area contributed by atoms with Gasteiger partial charge in [0.05, 0.1) is 12.7 Å². The summed E-state index contributed by atoms with van der Waals surface area (Å²) in [7, 11) is -2.40. The zero-order valence-electron chi connectivity index (χ0n) is 11.3. The third-order valence-electron chi connectivity index (χ3n) is 2.52. The molecule has 0 fully saturated rings. The van der Waals surface area contributed by atoms with E-state index in [0.29, 0.717) is 6.54 Å². The van der Waals surface area contributed by atoms with Gasteiger partial charge in [-0.05, 0) is 36.6 Å². The second-order valence-electron chi connectivity index (χ2n) is 3.91. The average molecular weight is 319 g/mol. The molecule has 1 rings (SSSR count). The van der Waals surface area contributed by atoms with Crippen LogP contribution in [0.2, 0.25) is 0 Å². The Bertz CT molecular complexity index is 571. The van der Waals surface area contributed by atoms with Gasteiger partial charge >= 0.3 is 5.97 Å². The Morgan fingerprint density at radius 2 is 2.15 bits per heavy atom. The van der Waals surface area contributed by atoms with E-state index in [2.05, 4.69) is 4.72 Å². The highest BCUT2D eigenvalue weighted by molar-refractivity contribution is 7.98. The van der Waals surface area contributed by atoms with Crippen LogP contribution in [0.5, 0.6) is 5.75 Å². The summed E-state index contributed by atoms with van der Waals surface area (Å²) in [5, 5.41) is 8.88. The van der Waals surface area contributed by atoms with Gasteiger partial charge in [0.25, 0.3) is 0 Å². The summed E-state index contributed by atoms with van der Waals surface area (Å²) in [4.78, 5) is 10.8. The van der Waals surface area contributed by atoms with E-state index < -0.39 is 16.0 Å². The van der Waals surface area contributed by atoms with Crippen molar-refractivity contribution >= 4 is 27.8 Å². The van der Waals surface area contributed by atoms with Crippen LogP contribution in [0, 0.1) is 0 Å². The van der Waals surface area contributed by atoms with Gasteiger partial charge in [-0.25, -0.2) is 17.9 Å². The maximum absolute atomic E-state index is 12.1. The molecule has 0 amide bonds. The molecule has 112 valence electrons. The summed E-state index contributed by atoms with van der Waals surface area (Å²) in [6.07, 6.45) is 2.66. The number of methoxy groups -OCH3 is 1. The molecular weight excluding hydrogens is 302 g/mol. The van der Waals surface area contributed by atoms with E-state index in [-0.39, 0.29) is 16.2 Å². The first-order valence-corrected chi connectivity index (χ1v) is 8.70. The van der Waals surface area contributed by atoms with Crippen LogP contribution in [0.4, 0.5) is 0 Å². The monoisotopic (exact) mass is 319 g/mol. The standard InChI is InChI=1S/C12H17NO5S2/c1-18-10-8-9(12(14)15)4-5-11(10)20(16,17)13-6-3-7-19-2/h4-5,8,13H,3,6-7H2,1-2H3,(H,14,15). The van der Waals surface area contributed by atoms with E-state index in [1.54, 1.807) is 11.8 Å². The van der Waals surface area contributed by atoms with Gasteiger partial charge in [0.2, 0.25) is 10.0 Å². The molecule has 0 atom stereocenters. The van der Waals surface area contributed by atoms with Crippen molar-refractivity contribution in [1.82, 2.24) is 4.72 Å². The molecular formula is C12H17NO5S2. The maximum Gasteiger partial charge on any atom is 0.335 e. The predicted molar refractivity (Wildman–Crippen MR) is 78.1 cm³/mol. The Morgan fingerprint density at radius 3 is 2.70 bits per heavy atom. The zero-order chi connectivity index (χ0) is 15.2. The number of carbonyl (C=O) groups is 1. The first-order chi connectivity index (χ1) is 9.42. The van der Waals surface area contributed by atoms with Gasteiger partial charge in [-0.15, -0.1) is 0 Å². The summed E-state index contributed by atoms with van der Waals surface area (Å²) < 4.78 is 31.7. The third-order valence-corrected chi connectivity index (χ3v) is 4.71. The largest absolute Gasteiger partial charge is 0.495 e. The third kappa shape index (κ3) is 4.39. The number of nitrogens with one attached hydrogen (secondary N) is 1. The van der Waals surface area contributed by atoms with Crippen LogP contribution >= 0.6 is 11.8 Å². The molecule has 0 aliphatic heterocycles. The fourth-order valence-electron chi connectivity index (χ4n) is 1.52. The van der Waals surface area contributed by atoms with Crippen molar-refractivity contribution in [3.8, 4) is 5.75 Å². The summed E-state index contributed by atoms with van der Waals surface area (Å²) in [6.45, 7) is 0.326. The van der Waals surface area contributed by atoms with Crippen molar-refractivity contribution in [3.63, 3.8) is 0 Å². The molecule has 0 heterocycles. The van der Waals surface area contributed by atoms with Crippen LogP contribution in [-0.4, -0.2) is 45.2 Å². The molecule has 0 aliphatic rings. The van der Waals surface area contributed by atoms with Crippen LogP contribution in [0.1, 0.15) is 16.8 Å². The second-order valence-corrected chi connectivity index (χ2v) is 6.64. The number of carboxylic acids is 1. The molecule has 0 saturated heterocycles. The van der Waals surface area contributed by atoms with Gasteiger partial charge in [-0.3, -0.25) is 0 Å². The van der Waals surface area contributed by atoms with E-state index in [1.807, 2.05) is 6.26 Å². The lowest BCUT2D eigenvalue weighted by Gasteiger charge is -2.11. The van der Waals surface area contributed by atoms with Crippen molar-refractivity contribution in [2.75, 3.05) is 25.7 Å². The Balaban J connectivity index is 2.96. The Labute approximate surface area is 122 Å². The second kappa shape index (κ2) is 7.51. The highest BCUT2D eigenvalue weighted by atomic mass is 32.2. The first-order valence-electron chi connectivity index (χ1n) is 5.82. The molecule has 0 bridgehead atoms. The summed E-state index contributed by atoms with van der Waals surface area (Å²) >= 11 is 1.64. The van der Waals surface area contributed by atoms with E-state index in [4.69, 9.17) is 9.84 Å². The molecule has 2 N–H and O–H groups in total. The minimum Gasteiger partial charge on any atom is -0.495 e. The number of hydrogen-bond acceptors (Lipinski definition) is 5. The number of benzene rings is 1. The van der Waals surface area contributed by atoms with Gasteiger partial charge < -0.3 is 9.84 Å². The molecule has 1 aromatic carbocycles. The van der Waals surface area contributed by atoms with Crippen LogP contribution in [-0.2, 0) is 10.0 Å². The minimum absolute atomic E-state index is 0.0160. The Kier molecular flexibility index (Phi) is 6.31. The van der Waals surface area contributed by atoms with Crippen molar-refractivity contribution < 1.29 is 23.1 Å². The van der Waals surface area contributed by atoms with Crippen molar-refractivity contribution in [3.05, 3.63) is 23.8 Å². The van der Waals surface area contributed by atoms with Gasteiger partial charge in [0, 0.05) is 6.54 Å².